The molecule has 0 amide bonds. The van der Waals surface area contributed by atoms with Crippen LogP contribution in [0.15, 0.2) is 42.5 Å². The molecule has 0 unspecified atom stereocenters. The topological polar surface area (TPSA) is 37.3 Å². The molecule has 2 nitrogen and oxygen atoms in total. The number of hydrogen-bond donors (Lipinski definition) is 1. The van der Waals surface area contributed by atoms with E-state index in [0.717, 1.165) is 5.56 Å². The Morgan fingerprint density at radius 2 is 1.86 bits per heavy atom. The van der Waals surface area contributed by atoms with Crippen molar-refractivity contribution in [3.05, 3.63) is 53.6 Å². The minimum Gasteiger partial charge on any atom is -0.478 e. The second kappa shape index (κ2) is 5.02. The molecule has 1 aromatic rings. The lowest BCUT2D eigenvalue weighted by atomic mass is 10.1. The number of benzene rings is 1. The summed E-state index contributed by atoms with van der Waals surface area (Å²) in [6.07, 6.45) is 7.69. The third-order valence-electron chi connectivity index (χ3n) is 1.75. The first-order valence-corrected chi connectivity index (χ1v) is 4.37. The smallest absolute Gasteiger partial charge is 0.335 e. The first-order chi connectivity index (χ1) is 6.74. The maximum Gasteiger partial charge on any atom is 0.335 e. The number of aromatic carboxylic acids is 1. The highest BCUT2D eigenvalue weighted by Crippen LogP contribution is 2.06. The molecule has 1 N–H and O–H groups in total. The maximum atomic E-state index is 10.5. The van der Waals surface area contributed by atoms with E-state index in [9.17, 15) is 4.79 Å². The zero-order chi connectivity index (χ0) is 10.4. The van der Waals surface area contributed by atoms with Gasteiger partial charge >= 0.3 is 5.97 Å². The van der Waals surface area contributed by atoms with Crippen molar-refractivity contribution in [3.8, 4) is 0 Å². The van der Waals surface area contributed by atoms with Gasteiger partial charge in [-0.1, -0.05) is 36.4 Å². The lowest BCUT2D eigenvalue weighted by Crippen LogP contribution is -1.94. The van der Waals surface area contributed by atoms with E-state index in [-0.39, 0.29) is 0 Å². The molecule has 0 aliphatic rings. The highest BCUT2D eigenvalue weighted by Gasteiger charge is 1.99. The van der Waals surface area contributed by atoms with Gasteiger partial charge in [0.25, 0.3) is 0 Å². The molecule has 0 bridgehead atoms. The fourth-order valence-electron chi connectivity index (χ4n) is 1.01. The highest BCUT2D eigenvalue weighted by atomic mass is 16.4. The first-order valence-electron chi connectivity index (χ1n) is 4.37. The molecule has 0 saturated heterocycles. The molecule has 14 heavy (non-hydrogen) atoms. The van der Waals surface area contributed by atoms with Gasteiger partial charge in [0.15, 0.2) is 0 Å². The van der Waals surface area contributed by atoms with Gasteiger partial charge < -0.3 is 5.11 Å². The molecule has 2 heteroatoms. The van der Waals surface area contributed by atoms with Gasteiger partial charge in [-0.05, 0) is 24.6 Å². The monoisotopic (exact) mass is 188 g/mol. The number of carboxylic acid groups (broad SMARTS) is 1. The molecule has 1 aromatic carbocycles. The number of rotatable bonds is 3. The average molecular weight is 188 g/mol. The van der Waals surface area contributed by atoms with Crippen LogP contribution in [0.4, 0.5) is 0 Å². The zero-order valence-corrected chi connectivity index (χ0v) is 7.97. The summed E-state index contributed by atoms with van der Waals surface area (Å²) >= 11 is 0. The second-order valence-corrected chi connectivity index (χ2v) is 2.81. The Hall–Kier alpha value is -1.83. The van der Waals surface area contributed by atoms with E-state index in [1.165, 1.54) is 0 Å². The van der Waals surface area contributed by atoms with Crippen molar-refractivity contribution in [2.45, 2.75) is 6.92 Å². The fraction of sp³-hybridized carbons (Fsp3) is 0.0833. The lowest BCUT2D eigenvalue weighted by molar-refractivity contribution is 0.0697. The number of carbonyl (C=O) groups is 1. The normalized spacial score (nSPS) is 11.2. The Labute approximate surface area is 83.2 Å². The van der Waals surface area contributed by atoms with Crippen molar-refractivity contribution in [2.24, 2.45) is 0 Å². The standard InChI is InChI=1S/C12H12O2/c1-2-3-4-5-10-6-8-11(9-7-10)12(13)14/h2-9H,1H3,(H,13,14)/b3-2-,5-4+. The van der Waals surface area contributed by atoms with Crippen molar-refractivity contribution in [3.63, 3.8) is 0 Å². The summed E-state index contributed by atoms with van der Waals surface area (Å²) < 4.78 is 0. The zero-order valence-electron chi connectivity index (χ0n) is 7.97. The summed E-state index contributed by atoms with van der Waals surface area (Å²) in [7, 11) is 0. The van der Waals surface area contributed by atoms with E-state index in [0.29, 0.717) is 5.56 Å². The van der Waals surface area contributed by atoms with Crippen molar-refractivity contribution in [2.75, 3.05) is 0 Å². The molecule has 0 aliphatic heterocycles. The van der Waals surface area contributed by atoms with Crippen molar-refractivity contribution >= 4 is 12.0 Å². The van der Waals surface area contributed by atoms with Gasteiger partial charge in [-0.3, -0.25) is 0 Å². The summed E-state index contributed by atoms with van der Waals surface area (Å²) in [5.41, 5.74) is 1.31. The number of carboxylic acids is 1. The average Bonchev–Trinajstić information content (AvgIpc) is 2.19. The van der Waals surface area contributed by atoms with E-state index >= 15 is 0 Å². The van der Waals surface area contributed by atoms with E-state index in [4.69, 9.17) is 5.11 Å². The van der Waals surface area contributed by atoms with E-state index < -0.39 is 5.97 Å². The predicted octanol–water partition coefficient (Wildman–Crippen LogP) is 2.97. The van der Waals surface area contributed by atoms with Crippen LogP contribution in [-0.4, -0.2) is 11.1 Å². The van der Waals surface area contributed by atoms with Gasteiger partial charge in [0.2, 0.25) is 0 Å². The molecular weight excluding hydrogens is 176 g/mol. The van der Waals surface area contributed by atoms with Crippen LogP contribution in [0.2, 0.25) is 0 Å². The summed E-state index contributed by atoms with van der Waals surface area (Å²) in [4.78, 5) is 10.5. The molecule has 0 aromatic heterocycles. The molecule has 0 atom stereocenters. The summed E-state index contributed by atoms with van der Waals surface area (Å²) in [6, 6.07) is 6.75. The van der Waals surface area contributed by atoms with Crippen LogP contribution in [0.1, 0.15) is 22.8 Å². The van der Waals surface area contributed by atoms with E-state index in [1.54, 1.807) is 24.3 Å². The first kappa shape index (κ1) is 10.3. The summed E-state index contributed by atoms with van der Waals surface area (Å²) in [5.74, 6) is -0.894. The van der Waals surface area contributed by atoms with Gasteiger partial charge in [0, 0.05) is 0 Å². The highest BCUT2D eigenvalue weighted by molar-refractivity contribution is 5.87. The van der Waals surface area contributed by atoms with E-state index in [2.05, 4.69) is 0 Å². The molecule has 0 saturated carbocycles. The Bertz CT molecular complexity index is 358. The van der Waals surface area contributed by atoms with Gasteiger partial charge in [-0.2, -0.15) is 0 Å². The second-order valence-electron chi connectivity index (χ2n) is 2.81. The van der Waals surface area contributed by atoms with Gasteiger partial charge in [0.1, 0.15) is 0 Å². The fourth-order valence-corrected chi connectivity index (χ4v) is 1.01. The minimum atomic E-state index is -0.894. The number of hydrogen-bond acceptors (Lipinski definition) is 1. The molecule has 0 spiro atoms. The van der Waals surface area contributed by atoms with Crippen LogP contribution in [0.25, 0.3) is 6.08 Å². The quantitative estimate of drug-likeness (QED) is 0.740. The number of allylic oxidation sites excluding steroid dienone is 3. The van der Waals surface area contributed by atoms with Gasteiger partial charge in [-0.25, -0.2) is 4.79 Å². The molecule has 0 heterocycles. The Balaban J connectivity index is 2.78. The minimum absolute atomic E-state index is 0.313. The Morgan fingerprint density at radius 1 is 1.21 bits per heavy atom. The van der Waals surface area contributed by atoms with Crippen molar-refractivity contribution in [1.82, 2.24) is 0 Å². The van der Waals surface area contributed by atoms with Crippen LogP contribution in [0, 0.1) is 0 Å². The third kappa shape index (κ3) is 2.90. The molecule has 1 rings (SSSR count). The molecule has 72 valence electrons. The van der Waals surface area contributed by atoms with Crippen LogP contribution in [0.5, 0.6) is 0 Å². The largest absolute Gasteiger partial charge is 0.478 e. The molecule has 0 aliphatic carbocycles. The Kier molecular flexibility index (Phi) is 3.68. The Morgan fingerprint density at radius 3 is 2.36 bits per heavy atom. The molecular formula is C12H12O2. The van der Waals surface area contributed by atoms with Gasteiger partial charge in [0.05, 0.1) is 5.56 Å². The molecule has 0 radical (unpaired) electrons. The van der Waals surface area contributed by atoms with Crippen molar-refractivity contribution in [1.29, 1.82) is 0 Å². The maximum absolute atomic E-state index is 10.5. The summed E-state index contributed by atoms with van der Waals surface area (Å²) in [6.45, 7) is 1.94. The van der Waals surface area contributed by atoms with Crippen LogP contribution in [0.3, 0.4) is 0 Å². The third-order valence-corrected chi connectivity index (χ3v) is 1.75. The van der Waals surface area contributed by atoms with E-state index in [1.807, 2.05) is 31.2 Å². The van der Waals surface area contributed by atoms with Gasteiger partial charge in [-0.15, -0.1) is 0 Å². The van der Waals surface area contributed by atoms with Crippen LogP contribution >= 0.6 is 0 Å². The predicted molar refractivity (Wildman–Crippen MR) is 57.2 cm³/mol. The van der Waals surface area contributed by atoms with Crippen LogP contribution < -0.4 is 0 Å². The van der Waals surface area contributed by atoms with Crippen molar-refractivity contribution < 1.29 is 9.90 Å². The van der Waals surface area contributed by atoms with Crippen LogP contribution in [-0.2, 0) is 0 Å². The molecule has 0 fully saturated rings. The summed E-state index contributed by atoms with van der Waals surface area (Å²) in [5, 5.41) is 8.66. The lowest BCUT2D eigenvalue weighted by Gasteiger charge is -1.94. The SMILES string of the molecule is C/C=C\C=C\c1ccc(C(=O)O)cc1.